The zero-order valence-corrected chi connectivity index (χ0v) is 14.2. The van der Waals surface area contributed by atoms with E-state index in [4.69, 9.17) is 4.74 Å². The van der Waals surface area contributed by atoms with Crippen molar-refractivity contribution >= 4 is 34.3 Å². The van der Waals surface area contributed by atoms with Gasteiger partial charge in [0.2, 0.25) is 5.43 Å². The molecule has 1 unspecified atom stereocenters. The fourth-order valence-electron chi connectivity index (χ4n) is 2.76. The van der Waals surface area contributed by atoms with Crippen LogP contribution in [0.25, 0.3) is 10.9 Å². The zero-order chi connectivity index (χ0) is 16.9. The Kier molecular flexibility index (Phi) is 3.83. The first-order valence-corrected chi connectivity index (χ1v) is 8.17. The van der Waals surface area contributed by atoms with Crippen molar-refractivity contribution in [1.82, 2.24) is 4.57 Å². The smallest absolute Gasteiger partial charge is 0.344 e. The van der Waals surface area contributed by atoms with Crippen LogP contribution in [0.3, 0.4) is 0 Å². The second-order valence-electron chi connectivity index (χ2n) is 5.53. The summed E-state index contributed by atoms with van der Waals surface area (Å²) in [6, 6.07) is 2.86. The molecule has 1 aliphatic rings. The molecule has 1 aromatic heterocycles. The summed E-state index contributed by atoms with van der Waals surface area (Å²) in [5, 5.41) is 0.860. The maximum atomic E-state index is 14.3. The van der Waals surface area contributed by atoms with Crippen LogP contribution in [-0.4, -0.2) is 31.2 Å². The van der Waals surface area contributed by atoms with Crippen LogP contribution in [0, 0.1) is 5.82 Å². The van der Waals surface area contributed by atoms with E-state index in [2.05, 4.69) is 0 Å². The SMILES string of the molecule is CCOC(=O)c1c2n(c3cc(N(C)C)c(F)cc3c1=O)C(C)S2. The van der Waals surface area contributed by atoms with E-state index in [-0.39, 0.29) is 22.9 Å². The number of rotatable bonds is 3. The van der Waals surface area contributed by atoms with Crippen LogP contribution in [0.1, 0.15) is 29.6 Å². The van der Waals surface area contributed by atoms with Crippen LogP contribution < -0.4 is 10.3 Å². The van der Waals surface area contributed by atoms with Crippen LogP contribution >= 0.6 is 11.8 Å². The number of anilines is 1. The van der Waals surface area contributed by atoms with E-state index < -0.39 is 17.2 Å². The minimum atomic E-state index is -0.653. The third-order valence-corrected chi connectivity index (χ3v) is 5.01. The van der Waals surface area contributed by atoms with E-state index in [9.17, 15) is 14.0 Å². The maximum absolute atomic E-state index is 14.3. The molecule has 0 fully saturated rings. The number of halogens is 1. The Bertz CT molecular complexity index is 876. The predicted molar refractivity (Wildman–Crippen MR) is 89.0 cm³/mol. The normalized spacial score (nSPS) is 16.0. The molecule has 1 aromatic carbocycles. The van der Waals surface area contributed by atoms with E-state index in [1.54, 1.807) is 32.0 Å². The van der Waals surface area contributed by atoms with E-state index in [1.807, 2.05) is 11.5 Å². The predicted octanol–water partition coefficient (Wildman–Crippen LogP) is 3.01. The lowest BCUT2D eigenvalue weighted by Crippen LogP contribution is -2.29. The highest BCUT2D eigenvalue weighted by atomic mass is 32.2. The topological polar surface area (TPSA) is 51.5 Å². The summed E-state index contributed by atoms with van der Waals surface area (Å²) in [5.41, 5.74) is 0.557. The second-order valence-corrected chi connectivity index (χ2v) is 6.84. The Morgan fingerprint density at radius 3 is 2.70 bits per heavy atom. The van der Waals surface area contributed by atoms with E-state index >= 15 is 0 Å². The van der Waals surface area contributed by atoms with Gasteiger partial charge in [0.15, 0.2) is 0 Å². The molecule has 122 valence electrons. The summed E-state index contributed by atoms with van der Waals surface area (Å²) in [4.78, 5) is 26.5. The molecule has 2 aromatic rings. The van der Waals surface area contributed by atoms with Gasteiger partial charge < -0.3 is 14.2 Å². The highest BCUT2D eigenvalue weighted by Crippen LogP contribution is 2.46. The van der Waals surface area contributed by atoms with Gasteiger partial charge in [0.05, 0.1) is 28.2 Å². The largest absolute Gasteiger partial charge is 0.462 e. The maximum Gasteiger partial charge on any atom is 0.344 e. The summed E-state index contributed by atoms with van der Waals surface area (Å²) in [6.45, 7) is 3.83. The van der Waals surface area contributed by atoms with Gasteiger partial charge in [-0.25, -0.2) is 9.18 Å². The van der Waals surface area contributed by atoms with Crippen LogP contribution in [0.4, 0.5) is 10.1 Å². The lowest BCUT2D eigenvalue weighted by Gasteiger charge is -2.33. The molecule has 0 aliphatic carbocycles. The molecule has 23 heavy (non-hydrogen) atoms. The van der Waals surface area contributed by atoms with Gasteiger partial charge in [-0.1, -0.05) is 11.8 Å². The average molecular weight is 336 g/mol. The number of esters is 1. The highest BCUT2D eigenvalue weighted by Gasteiger charge is 2.33. The minimum Gasteiger partial charge on any atom is -0.462 e. The zero-order valence-electron chi connectivity index (χ0n) is 13.3. The van der Waals surface area contributed by atoms with Gasteiger partial charge >= 0.3 is 5.97 Å². The summed E-state index contributed by atoms with van der Waals surface area (Å²) in [6.07, 6.45) is 0. The molecule has 0 radical (unpaired) electrons. The Morgan fingerprint density at radius 1 is 1.43 bits per heavy atom. The number of hydrogen-bond donors (Lipinski definition) is 0. The summed E-state index contributed by atoms with van der Waals surface area (Å²) < 4.78 is 21.1. The number of fused-ring (bicyclic) bond motifs is 3. The van der Waals surface area contributed by atoms with Gasteiger partial charge in [0, 0.05) is 19.5 Å². The first-order valence-electron chi connectivity index (χ1n) is 7.29. The quantitative estimate of drug-likeness (QED) is 0.807. The van der Waals surface area contributed by atoms with Gasteiger partial charge in [0.1, 0.15) is 11.4 Å². The molecule has 2 heterocycles. The number of aromatic nitrogens is 1. The van der Waals surface area contributed by atoms with Gasteiger partial charge in [-0.2, -0.15) is 0 Å². The standard InChI is InChI=1S/C16H17FN2O3S/c1-5-22-16(21)13-14(20)9-6-10(17)12(18(3)4)7-11(9)19-8(2)23-15(13)19/h6-8H,5H2,1-4H3. The molecule has 0 saturated heterocycles. The van der Waals surface area contributed by atoms with Crippen molar-refractivity contribution in [2.75, 3.05) is 25.6 Å². The van der Waals surface area contributed by atoms with Crippen molar-refractivity contribution in [3.05, 3.63) is 33.7 Å². The fourth-order valence-corrected chi connectivity index (χ4v) is 3.91. The molecule has 0 saturated carbocycles. The van der Waals surface area contributed by atoms with Crippen LogP contribution in [0.5, 0.6) is 0 Å². The Morgan fingerprint density at radius 2 is 2.13 bits per heavy atom. The van der Waals surface area contributed by atoms with Crippen LogP contribution in [0.15, 0.2) is 22.0 Å². The van der Waals surface area contributed by atoms with Crippen molar-refractivity contribution in [2.45, 2.75) is 24.2 Å². The molecular formula is C16H17FN2O3S. The van der Waals surface area contributed by atoms with Gasteiger partial charge in [0.25, 0.3) is 0 Å². The van der Waals surface area contributed by atoms with Crippen molar-refractivity contribution in [3.8, 4) is 0 Å². The summed E-state index contributed by atoms with van der Waals surface area (Å²) in [5.74, 6) is -1.14. The van der Waals surface area contributed by atoms with Gasteiger partial charge in [-0.3, -0.25) is 4.79 Å². The lowest BCUT2D eigenvalue weighted by molar-refractivity contribution is 0.0518. The van der Waals surface area contributed by atoms with Gasteiger partial charge in [-0.05, 0) is 26.0 Å². The number of carbonyl (C=O) groups excluding carboxylic acids is 1. The minimum absolute atomic E-state index is 0.000506. The molecule has 0 bridgehead atoms. The molecular weight excluding hydrogens is 319 g/mol. The Balaban J connectivity index is 2.37. The Hall–Kier alpha value is -2.02. The highest BCUT2D eigenvalue weighted by molar-refractivity contribution is 8.00. The van der Waals surface area contributed by atoms with Crippen molar-refractivity contribution in [1.29, 1.82) is 0 Å². The fraction of sp³-hybridized carbons (Fsp3) is 0.375. The van der Waals surface area contributed by atoms with Gasteiger partial charge in [-0.15, -0.1) is 0 Å². The van der Waals surface area contributed by atoms with Crippen molar-refractivity contribution < 1.29 is 13.9 Å². The van der Waals surface area contributed by atoms with Crippen LogP contribution in [0.2, 0.25) is 0 Å². The van der Waals surface area contributed by atoms with E-state index in [0.717, 1.165) is 0 Å². The molecule has 0 spiro atoms. The van der Waals surface area contributed by atoms with E-state index in [0.29, 0.717) is 16.2 Å². The molecule has 1 atom stereocenters. The molecule has 0 N–H and O–H groups in total. The van der Waals surface area contributed by atoms with Crippen molar-refractivity contribution in [3.63, 3.8) is 0 Å². The number of ether oxygens (including phenoxy) is 1. The average Bonchev–Trinajstić information content (AvgIpc) is 2.47. The number of thioether (sulfide) groups is 1. The molecule has 3 rings (SSSR count). The van der Waals surface area contributed by atoms with Crippen LogP contribution in [-0.2, 0) is 4.74 Å². The number of pyridine rings is 1. The third kappa shape index (κ3) is 2.30. The van der Waals surface area contributed by atoms with E-state index in [1.165, 1.54) is 17.8 Å². The summed E-state index contributed by atoms with van der Waals surface area (Å²) >= 11 is 1.44. The number of nitrogens with zero attached hydrogens (tertiary/aromatic N) is 2. The summed E-state index contributed by atoms with van der Waals surface area (Å²) in [7, 11) is 3.48. The molecule has 1 aliphatic heterocycles. The Labute approximate surface area is 137 Å². The van der Waals surface area contributed by atoms with Crippen molar-refractivity contribution in [2.24, 2.45) is 0 Å². The third-order valence-electron chi connectivity index (χ3n) is 3.84. The number of hydrogen-bond acceptors (Lipinski definition) is 5. The molecule has 0 amide bonds. The molecule has 5 nitrogen and oxygen atoms in total. The second kappa shape index (κ2) is 5.56. The molecule has 7 heteroatoms. The number of carbonyl (C=O) groups is 1. The lowest BCUT2D eigenvalue weighted by atomic mass is 10.1. The first kappa shape index (κ1) is 15.9. The number of benzene rings is 1. The monoisotopic (exact) mass is 336 g/mol. The first-order chi connectivity index (χ1) is 10.9.